The van der Waals surface area contributed by atoms with Crippen molar-refractivity contribution in [3.63, 3.8) is 0 Å². The first kappa shape index (κ1) is 19.0. The number of pyridine rings is 1. The van der Waals surface area contributed by atoms with E-state index in [2.05, 4.69) is 20.3 Å². The van der Waals surface area contributed by atoms with E-state index >= 15 is 0 Å². The molecule has 1 aromatic carbocycles. The number of nitrogens with zero attached hydrogens (tertiary/aromatic N) is 5. The van der Waals surface area contributed by atoms with Gasteiger partial charge in [-0.05, 0) is 31.2 Å². The van der Waals surface area contributed by atoms with Crippen LogP contribution in [0.5, 0.6) is 5.75 Å². The molecule has 0 aliphatic carbocycles. The number of ether oxygens (including phenoxy) is 1. The number of imidazole rings is 1. The third kappa shape index (κ3) is 3.41. The number of rotatable bonds is 5. The lowest BCUT2D eigenvalue weighted by Gasteiger charge is -2.08. The molecule has 0 aliphatic heterocycles. The predicted octanol–water partition coefficient (Wildman–Crippen LogP) is 3.27. The molecular weight excluding hydrogens is 388 g/mol. The topological polar surface area (TPSA) is 125 Å². The highest BCUT2D eigenvalue weighted by atomic mass is 16.6. The summed E-state index contributed by atoms with van der Waals surface area (Å²) < 4.78 is 6.91. The van der Waals surface area contributed by atoms with Gasteiger partial charge >= 0.3 is 5.69 Å². The Balaban J connectivity index is 1.64. The van der Waals surface area contributed by atoms with Gasteiger partial charge in [-0.25, -0.2) is 15.0 Å². The predicted molar refractivity (Wildman–Crippen MR) is 109 cm³/mol. The summed E-state index contributed by atoms with van der Waals surface area (Å²) in [6.45, 7) is 1.88. The minimum Gasteiger partial charge on any atom is -0.490 e. The van der Waals surface area contributed by atoms with E-state index in [0.717, 1.165) is 17.0 Å². The molecule has 4 aromatic rings. The van der Waals surface area contributed by atoms with Gasteiger partial charge in [0.05, 0.1) is 29.1 Å². The number of aromatic nitrogens is 4. The van der Waals surface area contributed by atoms with Crippen molar-refractivity contribution in [2.45, 2.75) is 6.92 Å². The Morgan fingerprint density at radius 3 is 2.80 bits per heavy atom. The second kappa shape index (κ2) is 7.59. The van der Waals surface area contributed by atoms with Crippen molar-refractivity contribution in [1.29, 1.82) is 0 Å². The van der Waals surface area contributed by atoms with E-state index in [1.54, 1.807) is 6.07 Å². The number of nitro benzene ring substituents is 1. The maximum absolute atomic E-state index is 12.6. The molecule has 0 atom stereocenters. The van der Waals surface area contributed by atoms with Gasteiger partial charge in [0.25, 0.3) is 5.91 Å². The number of nitro groups is 1. The molecule has 3 heterocycles. The smallest absolute Gasteiger partial charge is 0.310 e. The van der Waals surface area contributed by atoms with Crippen LogP contribution < -0.4 is 10.1 Å². The molecule has 0 bridgehead atoms. The van der Waals surface area contributed by atoms with Crippen molar-refractivity contribution in [1.82, 2.24) is 19.4 Å². The Morgan fingerprint density at radius 1 is 1.20 bits per heavy atom. The summed E-state index contributed by atoms with van der Waals surface area (Å²) in [6, 6.07) is 11.3. The second-order valence-electron chi connectivity index (χ2n) is 6.34. The van der Waals surface area contributed by atoms with Gasteiger partial charge in [-0.3, -0.25) is 24.6 Å². The van der Waals surface area contributed by atoms with Crippen molar-refractivity contribution < 1.29 is 14.5 Å². The van der Waals surface area contributed by atoms with Crippen LogP contribution in [0.4, 0.5) is 11.6 Å². The fraction of sp³-hybridized carbons (Fsp3) is 0.100. The molecule has 0 unspecified atom stereocenters. The number of fused-ring (bicyclic) bond motifs is 1. The molecule has 30 heavy (non-hydrogen) atoms. The van der Waals surface area contributed by atoms with Crippen molar-refractivity contribution in [3.8, 4) is 17.1 Å². The monoisotopic (exact) mass is 404 g/mol. The van der Waals surface area contributed by atoms with Gasteiger partial charge in [-0.1, -0.05) is 6.07 Å². The summed E-state index contributed by atoms with van der Waals surface area (Å²) in [5.74, 6) is -0.431. The van der Waals surface area contributed by atoms with Crippen molar-refractivity contribution >= 4 is 23.2 Å². The molecule has 10 heteroatoms. The SMILES string of the molecule is COc1cc(C(=O)Nc2nccc(-c3c(C)nc4ccccn34)n2)ccc1[N+](=O)[O-]. The maximum Gasteiger partial charge on any atom is 0.310 e. The fourth-order valence-corrected chi connectivity index (χ4v) is 3.12. The van der Waals surface area contributed by atoms with E-state index in [9.17, 15) is 14.9 Å². The lowest BCUT2D eigenvalue weighted by molar-refractivity contribution is -0.385. The van der Waals surface area contributed by atoms with Crippen LogP contribution in [-0.2, 0) is 0 Å². The third-order valence-electron chi connectivity index (χ3n) is 4.47. The maximum atomic E-state index is 12.6. The number of amides is 1. The van der Waals surface area contributed by atoms with E-state index in [1.165, 1.54) is 31.5 Å². The first-order valence-electron chi connectivity index (χ1n) is 8.89. The number of methoxy groups -OCH3 is 1. The Morgan fingerprint density at radius 2 is 2.03 bits per heavy atom. The van der Waals surface area contributed by atoms with Crippen LogP contribution in [0, 0.1) is 17.0 Å². The van der Waals surface area contributed by atoms with Crippen molar-refractivity contribution in [2.24, 2.45) is 0 Å². The van der Waals surface area contributed by atoms with E-state index < -0.39 is 10.8 Å². The highest BCUT2D eigenvalue weighted by Gasteiger charge is 2.19. The molecule has 0 aliphatic rings. The summed E-state index contributed by atoms with van der Waals surface area (Å²) in [4.78, 5) is 36.1. The summed E-state index contributed by atoms with van der Waals surface area (Å²) in [7, 11) is 1.30. The normalized spacial score (nSPS) is 10.7. The fourth-order valence-electron chi connectivity index (χ4n) is 3.12. The molecule has 0 saturated heterocycles. The van der Waals surface area contributed by atoms with Crippen LogP contribution in [0.15, 0.2) is 54.9 Å². The molecule has 0 radical (unpaired) electrons. The minimum absolute atomic E-state index is 0.0105. The molecule has 150 valence electrons. The van der Waals surface area contributed by atoms with Crippen LogP contribution >= 0.6 is 0 Å². The molecule has 0 fully saturated rings. The lowest BCUT2D eigenvalue weighted by Crippen LogP contribution is -2.14. The van der Waals surface area contributed by atoms with Gasteiger partial charge in [0.1, 0.15) is 5.65 Å². The number of carbonyl (C=O) groups excluding carboxylic acids is 1. The number of anilines is 1. The number of hydrogen-bond donors (Lipinski definition) is 1. The zero-order chi connectivity index (χ0) is 21.3. The first-order valence-corrected chi connectivity index (χ1v) is 8.89. The Labute approximate surface area is 170 Å². The zero-order valence-corrected chi connectivity index (χ0v) is 16.1. The Hall–Kier alpha value is -4.34. The molecule has 0 spiro atoms. The molecule has 1 amide bonds. The van der Waals surface area contributed by atoms with Gasteiger partial charge in [0.2, 0.25) is 5.95 Å². The standard InChI is InChI=1S/C20H16N6O4/c1-12-18(25-10-4-3-5-17(25)22-12)14-8-9-21-20(23-14)24-19(27)13-6-7-15(26(28)29)16(11-13)30-2/h3-11H,1-2H3,(H,21,23,24,27). The number of benzene rings is 1. The summed E-state index contributed by atoms with van der Waals surface area (Å²) in [6.07, 6.45) is 3.42. The molecular formula is C20H16N6O4. The van der Waals surface area contributed by atoms with Crippen molar-refractivity contribution in [2.75, 3.05) is 12.4 Å². The summed E-state index contributed by atoms with van der Waals surface area (Å²) >= 11 is 0. The zero-order valence-electron chi connectivity index (χ0n) is 16.1. The largest absolute Gasteiger partial charge is 0.490 e. The molecule has 1 N–H and O–H groups in total. The third-order valence-corrected chi connectivity index (χ3v) is 4.47. The van der Waals surface area contributed by atoms with E-state index in [4.69, 9.17) is 4.74 Å². The number of aryl methyl sites for hydroxylation is 1. The number of hydrogen-bond acceptors (Lipinski definition) is 7. The van der Waals surface area contributed by atoms with Gasteiger partial charge in [0.15, 0.2) is 5.75 Å². The Kier molecular flexibility index (Phi) is 4.80. The van der Waals surface area contributed by atoms with Gasteiger partial charge < -0.3 is 4.74 Å². The molecule has 0 saturated carbocycles. The van der Waals surface area contributed by atoms with E-state index in [-0.39, 0.29) is 22.9 Å². The summed E-state index contributed by atoms with van der Waals surface area (Å²) in [5.41, 5.74) is 2.91. The van der Waals surface area contributed by atoms with Crippen LogP contribution in [-0.4, -0.2) is 37.3 Å². The highest BCUT2D eigenvalue weighted by Crippen LogP contribution is 2.28. The average Bonchev–Trinajstić information content (AvgIpc) is 3.09. The molecule has 4 rings (SSSR count). The van der Waals surface area contributed by atoms with Crippen LogP contribution in [0.25, 0.3) is 17.0 Å². The van der Waals surface area contributed by atoms with E-state index in [0.29, 0.717) is 5.69 Å². The molecule has 10 nitrogen and oxygen atoms in total. The second-order valence-corrected chi connectivity index (χ2v) is 6.34. The summed E-state index contributed by atoms with van der Waals surface area (Å²) in [5, 5.41) is 13.6. The number of nitrogens with one attached hydrogen (secondary N) is 1. The van der Waals surface area contributed by atoms with Crippen LogP contribution in [0.3, 0.4) is 0 Å². The molecule has 3 aromatic heterocycles. The van der Waals surface area contributed by atoms with Gasteiger partial charge in [-0.2, -0.15) is 0 Å². The Bertz CT molecular complexity index is 1280. The van der Waals surface area contributed by atoms with Gasteiger partial charge in [0, 0.05) is 30.1 Å². The highest BCUT2D eigenvalue weighted by molar-refractivity contribution is 6.03. The lowest BCUT2D eigenvalue weighted by atomic mass is 10.2. The average molecular weight is 404 g/mol. The van der Waals surface area contributed by atoms with E-state index in [1.807, 2.05) is 35.7 Å². The van der Waals surface area contributed by atoms with Crippen molar-refractivity contribution in [3.05, 3.63) is 76.2 Å². The van der Waals surface area contributed by atoms with Crippen LogP contribution in [0.2, 0.25) is 0 Å². The van der Waals surface area contributed by atoms with Gasteiger partial charge in [-0.15, -0.1) is 0 Å². The van der Waals surface area contributed by atoms with Crippen LogP contribution in [0.1, 0.15) is 16.1 Å². The first-order chi connectivity index (χ1) is 14.5. The number of carbonyl (C=O) groups is 1. The minimum atomic E-state index is -0.578. The quantitative estimate of drug-likeness (QED) is 0.400.